The van der Waals surface area contributed by atoms with E-state index in [0.717, 1.165) is 17.9 Å². The van der Waals surface area contributed by atoms with Crippen molar-refractivity contribution in [3.63, 3.8) is 0 Å². The molecule has 0 unspecified atom stereocenters. The molecule has 0 aliphatic heterocycles. The largest absolute Gasteiger partial charge is 0.377 e. The third kappa shape index (κ3) is 2.37. The van der Waals surface area contributed by atoms with Crippen molar-refractivity contribution in [2.24, 2.45) is 0 Å². The summed E-state index contributed by atoms with van der Waals surface area (Å²) in [5.41, 5.74) is 2.09. The van der Waals surface area contributed by atoms with Gasteiger partial charge >= 0.3 is 0 Å². The molecule has 5 nitrogen and oxygen atoms in total. The molecule has 0 fully saturated rings. The van der Waals surface area contributed by atoms with Crippen molar-refractivity contribution in [2.45, 2.75) is 26.4 Å². The lowest BCUT2D eigenvalue weighted by atomic mass is 10.4. The highest BCUT2D eigenvalue weighted by Gasteiger charge is 2.01. The summed E-state index contributed by atoms with van der Waals surface area (Å²) in [7, 11) is 0. The molecular weight excluding hydrogens is 190 g/mol. The van der Waals surface area contributed by atoms with Gasteiger partial charge < -0.3 is 5.32 Å². The first-order valence-electron chi connectivity index (χ1n) is 5.02. The summed E-state index contributed by atoms with van der Waals surface area (Å²) >= 11 is 0. The molecule has 2 aromatic heterocycles. The molecule has 0 spiro atoms. The Morgan fingerprint density at radius 3 is 3.00 bits per heavy atom. The van der Waals surface area contributed by atoms with Gasteiger partial charge in [-0.2, -0.15) is 10.2 Å². The van der Waals surface area contributed by atoms with Gasteiger partial charge in [0.25, 0.3) is 0 Å². The summed E-state index contributed by atoms with van der Waals surface area (Å²) in [4.78, 5) is 0. The zero-order valence-corrected chi connectivity index (χ0v) is 8.94. The molecule has 0 amide bonds. The van der Waals surface area contributed by atoms with E-state index in [-0.39, 0.29) is 0 Å². The fourth-order valence-electron chi connectivity index (χ4n) is 1.29. The van der Waals surface area contributed by atoms with Crippen molar-refractivity contribution >= 4 is 5.69 Å². The Morgan fingerprint density at radius 1 is 1.53 bits per heavy atom. The molecule has 0 saturated heterocycles. The van der Waals surface area contributed by atoms with Crippen LogP contribution in [0.25, 0.3) is 0 Å². The van der Waals surface area contributed by atoms with Gasteiger partial charge in [0, 0.05) is 18.4 Å². The Kier molecular flexibility index (Phi) is 2.71. The van der Waals surface area contributed by atoms with Gasteiger partial charge in [-0.05, 0) is 19.9 Å². The third-order valence-corrected chi connectivity index (χ3v) is 2.17. The average molecular weight is 205 g/mol. The highest BCUT2D eigenvalue weighted by molar-refractivity contribution is 5.38. The summed E-state index contributed by atoms with van der Waals surface area (Å²) in [6.07, 6.45) is 5.58. The molecule has 0 aliphatic carbocycles. The number of aromatic nitrogens is 4. The third-order valence-electron chi connectivity index (χ3n) is 2.17. The smallest absolute Gasteiger partial charge is 0.0729 e. The van der Waals surface area contributed by atoms with Crippen molar-refractivity contribution in [3.8, 4) is 0 Å². The molecule has 2 rings (SSSR count). The molecule has 2 aromatic rings. The lowest BCUT2D eigenvalue weighted by molar-refractivity contribution is 0.532. The molecule has 0 bridgehead atoms. The van der Waals surface area contributed by atoms with E-state index in [9.17, 15) is 0 Å². The van der Waals surface area contributed by atoms with Crippen LogP contribution in [0.1, 0.15) is 25.6 Å². The number of rotatable bonds is 4. The molecule has 0 saturated carbocycles. The van der Waals surface area contributed by atoms with Gasteiger partial charge in [-0.15, -0.1) is 0 Å². The standard InChI is InChI=1S/C10H15N5/c1-8(2)15-7-10(6-13-15)11-5-9-3-4-12-14-9/h3-4,6-8,11H,5H2,1-2H3,(H,12,14). The second kappa shape index (κ2) is 4.16. The number of nitrogens with zero attached hydrogens (tertiary/aromatic N) is 3. The van der Waals surface area contributed by atoms with Gasteiger partial charge in [-0.25, -0.2) is 0 Å². The van der Waals surface area contributed by atoms with E-state index in [2.05, 4.69) is 34.5 Å². The number of H-pyrrole nitrogens is 1. The maximum absolute atomic E-state index is 4.24. The SMILES string of the molecule is CC(C)n1cc(NCc2ccn[nH]2)cn1. The van der Waals surface area contributed by atoms with Crippen LogP contribution in [-0.2, 0) is 6.54 Å². The maximum Gasteiger partial charge on any atom is 0.0729 e. The normalized spacial score (nSPS) is 10.9. The highest BCUT2D eigenvalue weighted by Crippen LogP contribution is 2.10. The van der Waals surface area contributed by atoms with E-state index in [0.29, 0.717) is 6.04 Å². The van der Waals surface area contributed by atoms with Crippen molar-refractivity contribution in [1.82, 2.24) is 20.0 Å². The molecule has 15 heavy (non-hydrogen) atoms. The topological polar surface area (TPSA) is 58.5 Å². The van der Waals surface area contributed by atoms with Crippen LogP contribution in [0.5, 0.6) is 0 Å². The monoisotopic (exact) mass is 205 g/mol. The molecular formula is C10H15N5. The highest BCUT2D eigenvalue weighted by atomic mass is 15.3. The van der Waals surface area contributed by atoms with E-state index in [4.69, 9.17) is 0 Å². The van der Waals surface area contributed by atoms with Crippen molar-refractivity contribution in [3.05, 3.63) is 30.4 Å². The molecule has 0 atom stereocenters. The van der Waals surface area contributed by atoms with Crippen molar-refractivity contribution in [2.75, 3.05) is 5.32 Å². The Hall–Kier alpha value is -1.78. The van der Waals surface area contributed by atoms with Crippen molar-refractivity contribution in [1.29, 1.82) is 0 Å². The molecule has 0 aliphatic rings. The molecule has 0 aromatic carbocycles. The minimum atomic E-state index is 0.396. The van der Waals surface area contributed by atoms with Crippen LogP contribution in [0.15, 0.2) is 24.7 Å². The minimum Gasteiger partial charge on any atom is -0.377 e. The molecule has 5 heteroatoms. The summed E-state index contributed by atoms with van der Waals surface area (Å²) in [5.74, 6) is 0. The first-order chi connectivity index (χ1) is 7.25. The lowest BCUT2D eigenvalue weighted by Gasteiger charge is -2.03. The predicted molar refractivity (Wildman–Crippen MR) is 58.5 cm³/mol. The van der Waals surface area contributed by atoms with Crippen LogP contribution < -0.4 is 5.32 Å². The Bertz CT molecular complexity index is 401. The first kappa shape index (κ1) is 9.76. The second-order valence-corrected chi connectivity index (χ2v) is 3.74. The number of nitrogens with one attached hydrogen (secondary N) is 2. The number of hydrogen-bond donors (Lipinski definition) is 2. The number of anilines is 1. The molecule has 2 N–H and O–H groups in total. The van der Waals surface area contributed by atoms with E-state index in [1.165, 1.54) is 0 Å². The average Bonchev–Trinajstić information content (AvgIpc) is 2.86. The zero-order chi connectivity index (χ0) is 10.7. The van der Waals surface area contributed by atoms with Gasteiger partial charge in [0.2, 0.25) is 0 Å². The van der Waals surface area contributed by atoms with Crippen LogP contribution >= 0.6 is 0 Å². The predicted octanol–water partition coefficient (Wildman–Crippen LogP) is 1.80. The van der Waals surface area contributed by atoms with Gasteiger partial charge in [0.1, 0.15) is 0 Å². The van der Waals surface area contributed by atoms with Crippen LogP contribution in [0.3, 0.4) is 0 Å². The van der Waals surface area contributed by atoms with Crippen molar-refractivity contribution < 1.29 is 0 Å². The summed E-state index contributed by atoms with van der Waals surface area (Å²) in [6.45, 7) is 4.95. The zero-order valence-electron chi connectivity index (χ0n) is 8.94. The number of aromatic amines is 1. The Morgan fingerprint density at radius 2 is 2.40 bits per heavy atom. The van der Waals surface area contributed by atoms with E-state index in [1.54, 1.807) is 6.20 Å². The Labute approximate surface area is 88.5 Å². The van der Waals surface area contributed by atoms with E-state index in [1.807, 2.05) is 23.1 Å². The van der Waals surface area contributed by atoms with Crippen LogP contribution in [0, 0.1) is 0 Å². The lowest BCUT2D eigenvalue weighted by Crippen LogP contribution is -2.01. The molecule has 0 radical (unpaired) electrons. The quantitative estimate of drug-likeness (QED) is 0.800. The van der Waals surface area contributed by atoms with Gasteiger partial charge in [-0.1, -0.05) is 0 Å². The second-order valence-electron chi connectivity index (χ2n) is 3.74. The van der Waals surface area contributed by atoms with Crippen LogP contribution in [-0.4, -0.2) is 20.0 Å². The summed E-state index contributed by atoms with van der Waals surface area (Å²) in [5, 5.41) is 14.3. The Balaban J connectivity index is 1.94. The maximum atomic E-state index is 4.24. The fraction of sp³-hybridized carbons (Fsp3) is 0.400. The molecule has 2 heterocycles. The molecule has 80 valence electrons. The summed E-state index contributed by atoms with van der Waals surface area (Å²) in [6, 6.07) is 2.34. The van der Waals surface area contributed by atoms with E-state index < -0.39 is 0 Å². The van der Waals surface area contributed by atoms with Crippen LogP contribution in [0.4, 0.5) is 5.69 Å². The first-order valence-corrected chi connectivity index (χ1v) is 5.02. The van der Waals surface area contributed by atoms with Gasteiger partial charge in [0.05, 0.1) is 24.1 Å². The summed E-state index contributed by atoms with van der Waals surface area (Å²) < 4.78 is 1.93. The van der Waals surface area contributed by atoms with Crippen LogP contribution in [0.2, 0.25) is 0 Å². The van der Waals surface area contributed by atoms with Gasteiger partial charge in [-0.3, -0.25) is 9.78 Å². The van der Waals surface area contributed by atoms with Gasteiger partial charge in [0.15, 0.2) is 0 Å². The fourth-order valence-corrected chi connectivity index (χ4v) is 1.29. The van der Waals surface area contributed by atoms with E-state index >= 15 is 0 Å². The minimum absolute atomic E-state index is 0.396. The number of hydrogen-bond acceptors (Lipinski definition) is 3.